The highest BCUT2D eigenvalue weighted by molar-refractivity contribution is 5.83. The summed E-state index contributed by atoms with van der Waals surface area (Å²) in [6.07, 6.45) is 1.04. The van der Waals surface area contributed by atoms with E-state index in [4.69, 9.17) is 14.2 Å². The van der Waals surface area contributed by atoms with E-state index in [2.05, 4.69) is 17.4 Å². The minimum absolute atomic E-state index is 0.00287. The van der Waals surface area contributed by atoms with E-state index in [0.29, 0.717) is 37.5 Å². The van der Waals surface area contributed by atoms with Crippen molar-refractivity contribution >= 4 is 16.7 Å². The molecule has 1 amide bonds. The average Bonchev–Trinajstić information content (AvgIpc) is 2.74. The molecular weight excluding hydrogens is 354 g/mol. The molecular formula is C23H25NO4. The number of fused-ring (bicyclic) bond motifs is 1. The van der Waals surface area contributed by atoms with Gasteiger partial charge in [0.05, 0.1) is 20.8 Å². The van der Waals surface area contributed by atoms with Crippen molar-refractivity contribution in [2.24, 2.45) is 0 Å². The molecule has 0 aliphatic carbocycles. The van der Waals surface area contributed by atoms with Gasteiger partial charge in [-0.1, -0.05) is 36.4 Å². The van der Waals surface area contributed by atoms with Gasteiger partial charge in [-0.15, -0.1) is 0 Å². The molecule has 146 valence electrons. The fraction of sp³-hybridized carbons (Fsp3) is 0.261. The van der Waals surface area contributed by atoms with Crippen LogP contribution in [0.5, 0.6) is 17.2 Å². The van der Waals surface area contributed by atoms with Crippen LogP contribution in [0.1, 0.15) is 12.0 Å². The van der Waals surface area contributed by atoms with Crippen LogP contribution in [0.25, 0.3) is 10.8 Å². The monoisotopic (exact) mass is 379 g/mol. The van der Waals surface area contributed by atoms with Gasteiger partial charge in [0.2, 0.25) is 5.91 Å². The Labute approximate surface area is 165 Å². The topological polar surface area (TPSA) is 56.8 Å². The van der Waals surface area contributed by atoms with E-state index in [9.17, 15) is 4.79 Å². The highest BCUT2D eigenvalue weighted by Gasteiger charge is 2.07. The van der Waals surface area contributed by atoms with Crippen molar-refractivity contribution in [2.45, 2.75) is 12.8 Å². The minimum Gasteiger partial charge on any atom is -0.493 e. The van der Waals surface area contributed by atoms with E-state index in [1.807, 2.05) is 48.5 Å². The van der Waals surface area contributed by atoms with Gasteiger partial charge in [-0.05, 0) is 47.0 Å². The Balaban J connectivity index is 1.40. The largest absolute Gasteiger partial charge is 0.493 e. The zero-order valence-electron chi connectivity index (χ0n) is 16.2. The number of carbonyl (C=O) groups excluding carboxylic acids is 1. The van der Waals surface area contributed by atoms with Crippen LogP contribution in [0.4, 0.5) is 0 Å². The molecule has 0 aliphatic rings. The molecule has 0 aromatic heterocycles. The average molecular weight is 379 g/mol. The van der Waals surface area contributed by atoms with Gasteiger partial charge in [0.15, 0.2) is 11.5 Å². The zero-order valence-corrected chi connectivity index (χ0v) is 16.2. The standard InChI is InChI=1S/C23H25NO4/c1-26-21-11-7-17(15-22(21)27-2)8-12-23(25)24-13-14-28-20-10-9-18-5-3-4-6-19(18)16-20/h3-7,9-11,15-16H,8,12-14H2,1-2H3,(H,24,25). The molecule has 5 nitrogen and oxygen atoms in total. The summed E-state index contributed by atoms with van der Waals surface area (Å²) in [5.41, 5.74) is 1.03. The molecule has 3 rings (SSSR count). The predicted octanol–water partition coefficient (Wildman–Crippen LogP) is 3.98. The van der Waals surface area contributed by atoms with E-state index < -0.39 is 0 Å². The highest BCUT2D eigenvalue weighted by atomic mass is 16.5. The van der Waals surface area contributed by atoms with Crippen LogP contribution in [-0.4, -0.2) is 33.3 Å². The summed E-state index contributed by atoms with van der Waals surface area (Å²) in [6.45, 7) is 0.901. The van der Waals surface area contributed by atoms with Crippen LogP contribution in [0.2, 0.25) is 0 Å². The molecule has 1 N–H and O–H groups in total. The quantitative estimate of drug-likeness (QED) is 0.571. The lowest BCUT2D eigenvalue weighted by Gasteiger charge is -2.10. The molecule has 5 heteroatoms. The van der Waals surface area contributed by atoms with Gasteiger partial charge in [0.25, 0.3) is 0 Å². The summed E-state index contributed by atoms with van der Waals surface area (Å²) < 4.78 is 16.3. The van der Waals surface area contributed by atoms with E-state index in [-0.39, 0.29) is 5.91 Å². The fourth-order valence-electron chi connectivity index (χ4n) is 3.00. The van der Waals surface area contributed by atoms with E-state index >= 15 is 0 Å². The molecule has 0 aliphatic heterocycles. The van der Waals surface area contributed by atoms with E-state index in [1.54, 1.807) is 14.2 Å². The zero-order chi connectivity index (χ0) is 19.8. The summed E-state index contributed by atoms with van der Waals surface area (Å²) in [7, 11) is 3.20. The molecule has 0 bridgehead atoms. The second kappa shape index (κ2) is 9.65. The summed E-state index contributed by atoms with van der Waals surface area (Å²) in [4.78, 5) is 12.1. The molecule has 0 saturated heterocycles. The van der Waals surface area contributed by atoms with Crippen molar-refractivity contribution in [3.63, 3.8) is 0 Å². The Morgan fingerprint density at radius 3 is 2.46 bits per heavy atom. The number of benzene rings is 3. The molecule has 0 radical (unpaired) electrons. The number of methoxy groups -OCH3 is 2. The lowest BCUT2D eigenvalue weighted by atomic mass is 10.1. The van der Waals surface area contributed by atoms with Crippen molar-refractivity contribution in [1.29, 1.82) is 0 Å². The SMILES string of the molecule is COc1ccc(CCC(=O)NCCOc2ccc3ccccc3c2)cc1OC. The maximum atomic E-state index is 12.1. The van der Waals surface area contributed by atoms with Crippen LogP contribution in [0, 0.1) is 0 Å². The highest BCUT2D eigenvalue weighted by Crippen LogP contribution is 2.28. The summed E-state index contributed by atoms with van der Waals surface area (Å²) in [5.74, 6) is 2.15. The van der Waals surface area contributed by atoms with Crippen molar-refractivity contribution in [3.8, 4) is 17.2 Å². The Hall–Kier alpha value is -3.21. The molecule has 0 saturated carbocycles. The van der Waals surface area contributed by atoms with Gasteiger partial charge in [-0.25, -0.2) is 0 Å². The van der Waals surface area contributed by atoms with Gasteiger partial charge < -0.3 is 19.5 Å². The summed E-state index contributed by atoms with van der Waals surface area (Å²) in [6, 6.07) is 19.8. The van der Waals surface area contributed by atoms with Crippen LogP contribution >= 0.6 is 0 Å². The molecule has 0 fully saturated rings. The smallest absolute Gasteiger partial charge is 0.220 e. The van der Waals surface area contributed by atoms with Crippen LogP contribution < -0.4 is 19.5 Å². The maximum Gasteiger partial charge on any atom is 0.220 e. The molecule has 0 heterocycles. The van der Waals surface area contributed by atoms with E-state index in [0.717, 1.165) is 16.7 Å². The minimum atomic E-state index is -0.00287. The first-order valence-corrected chi connectivity index (χ1v) is 9.29. The van der Waals surface area contributed by atoms with Gasteiger partial charge >= 0.3 is 0 Å². The Morgan fingerprint density at radius 1 is 0.893 bits per heavy atom. The van der Waals surface area contributed by atoms with Gasteiger partial charge in [-0.3, -0.25) is 4.79 Å². The van der Waals surface area contributed by atoms with Gasteiger partial charge in [0.1, 0.15) is 12.4 Å². The number of nitrogens with one attached hydrogen (secondary N) is 1. The molecule has 3 aromatic carbocycles. The number of hydrogen-bond donors (Lipinski definition) is 1. The number of hydrogen-bond acceptors (Lipinski definition) is 4. The number of rotatable bonds is 9. The molecule has 3 aromatic rings. The Morgan fingerprint density at radius 2 is 1.68 bits per heavy atom. The molecule has 0 spiro atoms. The normalized spacial score (nSPS) is 10.5. The van der Waals surface area contributed by atoms with Gasteiger partial charge in [0, 0.05) is 6.42 Å². The maximum absolute atomic E-state index is 12.1. The third kappa shape index (κ3) is 5.16. The Bertz CT molecular complexity index is 939. The van der Waals surface area contributed by atoms with Crippen LogP contribution in [0.15, 0.2) is 60.7 Å². The summed E-state index contributed by atoms with van der Waals surface area (Å²) in [5, 5.41) is 5.21. The third-order valence-corrected chi connectivity index (χ3v) is 4.50. The van der Waals surface area contributed by atoms with Crippen molar-refractivity contribution in [1.82, 2.24) is 5.32 Å². The molecule has 0 unspecified atom stereocenters. The number of amides is 1. The number of aryl methyl sites for hydroxylation is 1. The number of ether oxygens (including phenoxy) is 3. The first-order valence-electron chi connectivity index (χ1n) is 9.29. The lowest BCUT2D eigenvalue weighted by molar-refractivity contribution is -0.121. The van der Waals surface area contributed by atoms with Crippen molar-refractivity contribution < 1.29 is 19.0 Å². The second-order valence-corrected chi connectivity index (χ2v) is 6.40. The lowest BCUT2D eigenvalue weighted by Crippen LogP contribution is -2.28. The number of carbonyl (C=O) groups is 1. The second-order valence-electron chi connectivity index (χ2n) is 6.40. The van der Waals surface area contributed by atoms with Crippen molar-refractivity contribution in [3.05, 3.63) is 66.2 Å². The third-order valence-electron chi connectivity index (χ3n) is 4.50. The first-order chi connectivity index (χ1) is 13.7. The Kier molecular flexibility index (Phi) is 6.73. The predicted molar refractivity (Wildman–Crippen MR) is 110 cm³/mol. The molecule has 28 heavy (non-hydrogen) atoms. The van der Waals surface area contributed by atoms with E-state index in [1.165, 1.54) is 5.39 Å². The summed E-state index contributed by atoms with van der Waals surface area (Å²) >= 11 is 0. The van der Waals surface area contributed by atoms with Gasteiger partial charge in [-0.2, -0.15) is 0 Å². The fourth-order valence-corrected chi connectivity index (χ4v) is 3.00. The first kappa shape index (κ1) is 19.5. The van der Waals surface area contributed by atoms with Crippen LogP contribution in [-0.2, 0) is 11.2 Å². The van der Waals surface area contributed by atoms with Crippen molar-refractivity contribution in [2.75, 3.05) is 27.4 Å². The molecule has 0 atom stereocenters. The van der Waals surface area contributed by atoms with Crippen LogP contribution in [0.3, 0.4) is 0 Å².